The summed E-state index contributed by atoms with van der Waals surface area (Å²) in [7, 11) is 0. The lowest BCUT2D eigenvalue weighted by Gasteiger charge is -2.14. The van der Waals surface area contributed by atoms with Gasteiger partial charge in [-0.05, 0) is 126 Å². The van der Waals surface area contributed by atoms with E-state index in [0.717, 1.165) is 0 Å². The van der Waals surface area contributed by atoms with E-state index >= 15 is 0 Å². The Kier molecular flexibility index (Phi) is 6.71. The molecule has 0 spiro atoms. The van der Waals surface area contributed by atoms with Gasteiger partial charge < -0.3 is 9.13 Å². The molecule has 2 heterocycles. The maximum Gasteiger partial charge on any atom is 0.0541 e. The van der Waals surface area contributed by atoms with Crippen molar-refractivity contribution in [1.82, 2.24) is 9.13 Å². The summed E-state index contributed by atoms with van der Waals surface area (Å²) in [6, 6.07) is 81.4. The molecule has 0 amide bonds. The predicted molar refractivity (Wildman–Crippen MR) is 270 cm³/mol. The summed E-state index contributed by atoms with van der Waals surface area (Å²) in [4.78, 5) is 0. The Bertz CT molecular complexity index is 3850. The molecule has 0 saturated heterocycles. The first-order valence-electron chi connectivity index (χ1n) is 22.3. The molecular formula is C62H36N2. The fraction of sp³-hybridized carbons (Fsp3) is 0. The number of hydrogen-bond donors (Lipinski definition) is 0. The molecule has 2 aromatic heterocycles. The summed E-state index contributed by atoms with van der Waals surface area (Å²) < 4.78 is 4.95. The molecule has 2 aliphatic carbocycles. The van der Waals surface area contributed by atoms with Crippen LogP contribution < -0.4 is 0 Å². The standard InChI is InChI=1S/C62H36N2/c1-3-13-43-41(11-1)47-17-9-19-51-57(33-29-49(43)61(47)51)63-55-21-7-5-15-45(55)53-35-39(27-31-59(53)63)37-23-25-38(26-24-37)40-28-32-60-54(36-40)46-16-6-8-22-56(46)64(60)58-34-30-50-44-14-4-2-12-42(44)48-18-10-20-52(58)62(48)50/h1-36H. The van der Waals surface area contributed by atoms with Gasteiger partial charge in [-0.3, -0.25) is 0 Å². The highest BCUT2D eigenvalue weighted by Gasteiger charge is 2.26. The van der Waals surface area contributed by atoms with Gasteiger partial charge in [0.1, 0.15) is 0 Å². The first-order valence-corrected chi connectivity index (χ1v) is 22.3. The van der Waals surface area contributed by atoms with Gasteiger partial charge in [0.05, 0.1) is 33.4 Å². The van der Waals surface area contributed by atoms with Gasteiger partial charge in [0, 0.05) is 32.3 Å². The van der Waals surface area contributed by atoms with Crippen LogP contribution in [0.1, 0.15) is 0 Å². The largest absolute Gasteiger partial charge is 0.309 e. The lowest BCUT2D eigenvalue weighted by molar-refractivity contribution is 1.20. The summed E-state index contributed by atoms with van der Waals surface area (Å²) >= 11 is 0. The molecule has 0 atom stereocenters. The fourth-order valence-corrected chi connectivity index (χ4v) is 11.7. The molecule has 2 nitrogen and oxygen atoms in total. The normalized spacial score (nSPS) is 12.4. The first kappa shape index (κ1) is 34.2. The third-order valence-corrected chi connectivity index (χ3v) is 14.4. The van der Waals surface area contributed by atoms with Crippen LogP contribution in [0.5, 0.6) is 0 Å². The highest BCUT2D eigenvalue weighted by molar-refractivity contribution is 6.20. The van der Waals surface area contributed by atoms with E-state index in [9.17, 15) is 0 Å². The Morgan fingerprint density at radius 1 is 0.203 bits per heavy atom. The Hall–Kier alpha value is -8.46. The quantitative estimate of drug-likeness (QED) is 0.168. The second-order valence-corrected chi connectivity index (χ2v) is 17.6. The maximum atomic E-state index is 2.47. The van der Waals surface area contributed by atoms with Gasteiger partial charge in [-0.1, -0.05) is 170 Å². The zero-order chi connectivity index (χ0) is 41.6. The predicted octanol–water partition coefficient (Wildman–Crippen LogP) is 16.8. The van der Waals surface area contributed by atoms with Crippen molar-refractivity contribution in [2.75, 3.05) is 0 Å². The van der Waals surface area contributed by atoms with Crippen LogP contribution in [0, 0.1) is 0 Å². The van der Waals surface area contributed by atoms with E-state index in [1.807, 2.05) is 0 Å². The molecule has 0 fully saturated rings. The summed E-state index contributed by atoms with van der Waals surface area (Å²) in [5.41, 5.74) is 22.7. The van der Waals surface area contributed by atoms with E-state index in [0.29, 0.717) is 0 Å². The lowest BCUT2D eigenvalue weighted by atomic mass is 9.98. The Labute approximate surface area is 369 Å². The van der Waals surface area contributed by atoms with Crippen LogP contribution >= 0.6 is 0 Å². The van der Waals surface area contributed by atoms with E-state index in [2.05, 4.69) is 228 Å². The van der Waals surface area contributed by atoms with Crippen molar-refractivity contribution < 1.29 is 0 Å². The highest BCUT2D eigenvalue weighted by atomic mass is 15.0. The second-order valence-electron chi connectivity index (χ2n) is 17.6. The van der Waals surface area contributed by atoms with Gasteiger partial charge >= 0.3 is 0 Å². The van der Waals surface area contributed by atoms with Crippen molar-refractivity contribution in [2.45, 2.75) is 0 Å². The minimum atomic E-state index is 1.21. The maximum absolute atomic E-state index is 2.47. The van der Waals surface area contributed by atoms with Crippen LogP contribution in [0.3, 0.4) is 0 Å². The summed E-state index contributed by atoms with van der Waals surface area (Å²) in [6.07, 6.45) is 0. The van der Waals surface area contributed by atoms with Crippen molar-refractivity contribution in [3.8, 4) is 78.1 Å². The lowest BCUT2D eigenvalue weighted by Crippen LogP contribution is -1.96. The molecular weight excluding hydrogens is 773 g/mol. The zero-order valence-electron chi connectivity index (χ0n) is 34.7. The molecule has 2 aliphatic rings. The van der Waals surface area contributed by atoms with Gasteiger partial charge in [0.15, 0.2) is 0 Å². The number of hydrogen-bond acceptors (Lipinski definition) is 0. The minimum Gasteiger partial charge on any atom is -0.309 e. The number of nitrogens with zero attached hydrogens (tertiary/aromatic N) is 2. The number of rotatable bonds is 4. The average molecular weight is 809 g/mol. The molecule has 0 radical (unpaired) electrons. The molecule has 64 heavy (non-hydrogen) atoms. The molecule has 13 aromatic rings. The second kappa shape index (κ2) is 12.6. The summed E-state index contributed by atoms with van der Waals surface area (Å²) in [5.74, 6) is 0. The molecule has 294 valence electrons. The first-order chi connectivity index (χ1) is 31.8. The monoisotopic (exact) mass is 808 g/mol. The van der Waals surface area contributed by atoms with E-state index in [-0.39, 0.29) is 0 Å². The number of fused-ring (bicyclic) bond motifs is 12. The van der Waals surface area contributed by atoms with Gasteiger partial charge in [-0.15, -0.1) is 0 Å². The number of para-hydroxylation sites is 2. The van der Waals surface area contributed by atoms with Gasteiger partial charge in [0.25, 0.3) is 0 Å². The van der Waals surface area contributed by atoms with Crippen LogP contribution in [0.4, 0.5) is 0 Å². The number of benzene rings is 11. The van der Waals surface area contributed by atoms with Crippen LogP contribution in [0.15, 0.2) is 218 Å². The van der Waals surface area contributed by atoms with Crippen molar-refractivity contribution in [2.24, 2.45) is 0 Å². The molecule has 2 heteroatoms. The van der Waals surface area contributed by atoms with Gasteiger partial charge in [-0.2, -0.15) is 0 Å². The average Bonchev–Trinajstić information content (AvgIpc) is 4.08. The SMILES string of the molecule is c1ccc2c(c1)-c1cccc3c(-n4c5ccccc5c5cc(-c6ccc(-c7ccc8c(c7)c7ccccc7n8-c7ccc8c9c(cccc79)-c7ccccc7-8)cc6)ccc54)ccc-2c13. The molecule has 15 rings (SSSR count). The van der Waals surface area contributed by atoms with E-state index in [1.165, 1.54) is 143 Å². The summed E-state index contributed by atoms with van der Waals surface area (Å²) in [6.45, 7) is 0. The third-order valence-electron chi connectivity index (χ3n) is 14.4. The minimum absolute atomic E-state index is 1.21. The van der Waals surface area contributed by atoms with Crippen molar-refractivity contribution in [3.63, 3.8) is 0 Å². The highest BCUT2D eigenvalue weighted by Crippen LogP contribution is 2.51. The molecule has 11 aromatic carbocycles. The fourth-order valence-electron chi connectivity index (χ4n) is 11.7. The molecule has 0 unspecified atom stereocenters. The smallest absolute Gasteiger partial charge is 0.0541 e. The molecule has 0 saturated carbocycles. The summed E-state index contributed by atoms with van der Waals surface area (Å²) in [5, 5.41) is 10.3. The van der Waals surface area contributed by atoms with E-state index < -0.39 is 0 Å². The third kappa shape index (κ3) is 4.48. The van der Waals surface area contributed by atoms with Crippen LogP contribution in [-0.4, -0.2) is 9.13 Å². The van der Waals surface area contributed by atoms with Gasteiger partial charge in [-0.25, -0.2) is 0 Å². The Morgan fingerprint density at radius 2 is 0.531 bits per heavy atom. The molecule has 0 bridgehead atoms. The van der Waals surface area contributed by atoms with Crippen molar-refractivity contribution >= 4 is 65.2 Å². The Balaban J connectivity index is 0.823. The van der Waals surface area contributed by atoms with Gasteiger partial charge in [0.2, 0.25) is 0 Å². The Morgan fingerprint density at radius 3 is 0.969 bits per heavy atom. The topological polar surface area (TPSA) is 9.86 Å². The van der Waals surface area contributed by atoms with Crippen LogP contribution in [0.2, 0.25) is 0 Å². The zero-order valence-corrected chi connectivity index (χ0v) is 34.7. The van der Waals surface area contributed by atoms with Crippen molar-refractivity contribution in [1.29, 1.82) is 0 Å². The van der Waals surface area contributed by atoms with Crippen LogP contribution in [0.25, 0.3) is 143 Å². The number of aromatic nitrogens is 2. The van der Waals surface area contributed by atoms with Crippen molar-refractivity contribution in [3.05, 3.63) is 218 Å². The van der Waals surface area contributed by atoms with E-state index in [1.54, 1.807) is 0 Å². The molecule has 0 aliphatic heterocycles. The van der Waals surface area contributed by atoms with E-state index in [4.69, 9.17) is 0 Å². The molecule has 0 N–H and O–H groups in total. The van der Waals surface area contributed by atoms with Crippen LogP contribution in [-0.2, 0) is 0 Å².